The Kier molecular flexibility index (Phi) is 23.9. The molecule has 0 radical (unpaired) electrons. The molecule has 0 aliphatic heterocycles. The second kappa shape index (κ2) is 38.5. The largest absolute Gasteiger partial charge is 0.310 e. The van der Waals surface area contributed by atoms with E-state index in [1.165, 1.54) is 156 Å². The molecule has 0 aromatic heterocycles. The molecule has 0 atom stereocenters. The highest BCUT2D eigenvalue weighted by molar-refractivity contribution is 5.93. The molecule has 142 heavy (non-hydrogen) atoms. The Morgan fingerprint density at radius 3 is 0.415 bits per heavy atom. The van der Waals surface area contributed by atoms with Gasteiger partial charge in [-0.05, 0) is 307 Å². The zero-order valence-electron chi connectivity index (χ0n) is 79.9. The molecule has 0 spiro atoms. The molecule has 0 N–H and O–H groups in total. The molecular formula is C138H104N4. The van der Waals surface area contributed by atoms with E-state index in [4.69, 9.17) is 0 Å². The van der Waals surface area contributed by atoms with Crippen LogP contribution >= 0.6 is 0 Å². The molecule has 0 bridgehead atoms. The number of hydrogen-bond donors (Lipinski definition) is 0. The van der Waals surface area contributed by atoms with Crippen LogP contribution in [-0.2, 0) is 10.8 Å². The fraction of sp³-hybridized carbons (Fsp3) is 0.0435. The maximum absolute atomic E-state index is 2.43. The predicted molar refractivity (Wildman–Crippen MR) is 601 cm³/mol. The first kappa shape index (κ1) is 88.0. The summed E-state index contributed by atoms with van der Waals surface area (Å²) in [6.07, 6.45) is 0. The van der Waals surface area contributed by atoms with Crippen LogP contribution in [-0.4, -0.2) is 0 Å². The van der Waals surface area contributed by atoms with Gasteiger partial charge in [-0.15, -0.1) is 0 Å². The van der Waals surface area contributed by atoms with E-state index in [2.05, 4.69) is 605 Å². The number of fused-ring (bicyclic) bond motifs is 6. The lowest BCUT2D eigenvalue weighted by atomic mass is 9.82. The minimum atomic E-state index is -0.273. The quantitative estimate of drug-likeness (QED) is 0.0670. The molecular weight excluding hydrogens is 1710 g/mol. The van der Waals surface area contributed by atoms with E-state index in [0.717, 1.165) is 68.2 Å². The summed E-state index contributed by atoms with van der Waals surface area (Å²) in [6, 6.07) is 203. The molecule has 0 saturated carbocycles. The van der Waals surface area contributed by atoms with Gasteiger partial charge in [0.25, 0.3) is 0 Å². The van der Waals surface area contributed by atoms with Crippen molar-refractivity contribution in [1.29, 1.82) is 0 Å². The van der Waals surface area contributed by atoms with Gasteiger partial charge in [0.15, 0.2) is 0 Å². The Balaban J connectivity index is 0.000000158. The van der Waals surface area contributed by atoms with Gasteiger partial charge in [0.05, 0.1) is 0 Å². The van der Waals surface area contributed by atoms with Crippen molar-refractivity contribution in [2.45, 2.75) is 38.5 Å². The van der Waals surface area contributed by atoms with Gasteiger partial charge in [-0.25, -0.2) is 0 Å². The summed E-state index contributed by atoms with van der Waals surface area (Å²) in [5.74, 6) is 0. The van der Waals surface area contributed by atoms with Crippen molar-refractivity contribution in [2.24, 2.45) is 0 Å². The molecule has 0 unspecified atom stereocenters. The van der Waals surface area contributed by atoms with Crippen LogP contribution in [0.3, 0.4) is 0 Å². The highest BCUT2D eigenvalue weighted by Crippen LogP contribution is 2.56. The van der Waals surface area contributed by atoms with Gasteiger partial charge >= 0.3 is 0 Å². The summed E-state index contributed by atoms with van der Waals surface area (Å²) in [7, 11) is 0. The van der Waals surface area contributed by atoms with Crippen LogP contribution in [0.15, 0.2) is 558 Å². The summed E-state index contributed by atoms with van der Waals surface area (Å²) in [4.78, 5) is 9.58. The number of benzene rings is 22. The monoisotopic (exact) mass is 1820 g/mol. The fourth-order valence-electron chi connectivity index (χ4n) is 21.0. The van der Waals surface area contributed by atoms with Crippen molar-refractivity contribution in [3.63, 3.8) is 0 Å². The maximum Gasteiger partial charge on any atom is 0.0465 e. The Hall–Kier alpha value is -18.0. The molecule has 0 amide bonds. The highest BCUT2D eigenvalue weighted by atomic mass is 15.2. The van der Waals surface area contributed by atoms with E-state index < -0.39 is 0 Å². The highest BCUT2D eigenvalue weighted by Gasteiger charge is 2.39. The molecule has 2 aliphatic rings. The van der Waals surface area contributed by atoms with E-state index in [0.29, 0.717) is 0 Å². The van der Waals surface area contributed by atoms with Crippen LogP contribution in [0, 0.1) is 0 Å². The average Bonchev–Trinajstić information content (AvgIpc) is 1.57. The molecule has 22 aromatic rings. The minimum absolute atomic E-state index is 0.270. The first-order valence-corrected chi connectivity index (χ1v) is 49.1. The Morgan fingerprint density at radius 1 is 0.106 bits per heavy atom. The normalized spacial score (nSPS) is 12.2. The third-order valence-corrected chi connectivity index (χ3v) is 28.6. The van der Waals surface area contributed by atoms with Crippen LogP contribution in [0.25, 0.3) is 134 Å². The molecule has 4 heteroatoms. The van der Waals surface area contributed by atoms with Crippen molar-refractivity contribution >= 4 is 68.2 Å². The van der Waals surface area contributed by atoms with E-state index >= 15 is 0 Å². The number of anilines is 12. The molecule has 22 aromatic carbocycles. The molecule has 0 fully saturated rings. The van der Waals surface area contributed by atoms with Crippen LogP contribution < -0.4 is 19.6 Å². The number of para-hydroxylation sites is 2. The lowest BCUT2D eigenvalue weighted by Gasteiger charge is -2.29. The van der Waals surface area contributed by atoms with E-state index in [9.17, 15) is 0 Å². The molecule has 24 rings (SSSR count). The standard InChI is InChI=1S/2C69H52N2/c1-69(2)67-47-63(70(59-24-13-6-14-25-59)60-38-32-55(33-39-60)53-28-26-52(27-29-53)49-16-7-3-8-17-49)42-44-65(67)66-45-43-64(48-68(66)69)71(61-36-30-54(31-37-61)50-18-9-4-10-19-50)62-40-34-56(35-41-62)58-23-15-22-57(46-58)51-20-11-5-12-21-51;1-69(2)67-47-63(70(59-21-13-6-14-22-59)60-39-33-57(34-40-60)54-27-23-52(24-28-54)49-15-7-3-8-16-49)43-45-65(67)66-46-44-64(48-68(66)69)71(61-37-31-56(32-38-61)51-19-11-5-12-20-51)62-41-35-58(36-42-62)55-29-25-53(26-30-55)50-17-9-4-10-18-50/h2*3-48H,1-2H3. The second-order valence-electron chi connectivity index (χ2n) is 38.0. The van der Waals surface area contributed by atoms with Gasteiger partial charge in [-0.3, -0.25) is 0 Å². The van der Waals surface area contributed by atoms with Crippen LogP contribution in [0.1, 0.15) is 49.9 Å². The Labute approximate surface area is 834 Å². The molecule has 0 heterocycles. The van der Waals surface area contributed by atoms with E-state index in [1.54, 1.807) is 0 Å². The zero-order chi connectivity index (χ0) is 95.5. The maximum atomic E-state index is 2.43. The first-order chi connectivity index (χ1) is 69.9. The van der Waals surface area contributed by atoms with Crippen LogP contribution in [0.2, 0.25) is 0 Å². The summed E-state index contributed by atoms with van der Waals surface area (Å²) >= 11 is 0. The number of nitrogens with zero attached hydrogens (tertiary/aromatic N) is 4. The number of hydrogen-bond acceptors (Lipinski definition) is 4. The van der Waals surface area contributed by atoms with Crippen molar-refractivity contribution in [3.05, 3.63) is 580 Å². The number of rotatable bonds is 22. The van der Waals surface area contributed by atoms with E-state index in [-0.39, 0.29) is 10.8 Å². The van der Waals surface area contributed by atoms with Crippen molar-refractivity contribution in [2.75, 3.05) is 19.6 Å². The summed E-state index contributed by atoms with van der Waals surface area (Å²) in [6.45, 7) is 9.53. The molecule has 676 valence electrons. The van der Waals surface area contributed by atoms with Gasteiger partial charge in [-0.1, -0.05) is 434 Å². The summed E-state index contributed by atoms with van der Waals surface area (Å²) < 4.78 is 0. The third kappa shape index (κ3) is 17.7. The lowest BCUT2D eigenvalue weighted by Crippen LogP contribution is -2.17. The minimum Gasteiger partial charge on any atom is -0.310 e. The first-order valence-electron chi connectivity index (χ1n) is 49.1. The molecule has 2 aliphatic carbocycles. The summed E-state index contributed by atoms with van der Waals surface area (Å²) in [5, 5.41) is 0. The van der Waals surface area contributed by atoms with Gasteiger partial charge in [0.1, 0.15) is 0 Å². The summed E-state index contributed by atoms with van der Waals surface area (Å²) in [5.41, 5.74) is 47.3. The Morgan fingerprint density at radius 2 is 0.232 bits per heavy atom. The van der Waals surface area contributed by atoms with Gasteiger partial charge in [0.2, 0.25) is 0 Å². The second-order valence-corrected chi connectivity index (χ2v) is 38.0. The van der Waals surface area contributed by atoms with Crippen molar-refractivity contribution < 1.29 is 0 Å². The molecule has 0 saturated heterocycles. The SMILES string of the molecule is CC1(C)c2cc(N(c3ccccc3)c3ccc(-c4ccc(-c5ccccc5)cc4)cc3)ccc2-c2ccc(N(c3ccc(-c4ccccc4)cc3)c3ccc(-c4ccc(-c5ccccc5)cc4)cc3)cc21.CC1(C)c2cc(N(c3ccccc3)c3ccc(-c4ccc(-c5ccccc5)cc4)cc3)ccc2-c2ccc(N(c3ccc(-c4ccccc4)cc3)c3ccc(-c4cccc(-c5ccccc5)c4)cc3)cc21. The third-order valence-electron chi connectivity index (χ3n) is 28.6. The lowest BCUT2D eigenvalue weighted by molar-refractivity contribution is 0.660. The molecule has 4 nitrogen and oxygen atoms in total. The van der Waals surface area contributed by atoms with Crippen molar-refractivity contribution in [1.82, 2.24) is 0 Å². The van der Waals surface area contributed by atoms with Gasteiger partial charge < -0.3 is 19.6 Å². The van der Waals surface area contributed by atoms with Crippen LogP contribution in [0.5, 0.6) is 0 Å². The predicted octanol–water partition coefficient (Wildman–Crippen LogP) is 38.5. The van der Waals surface area contributed by atoms with E-state index in [1.807, 2.05) is 0 Å². The van der Waals surface area contributed by atoms with Crippen LogP contribution in [0.4, 0.5) is 68.2 Å². The van der Waals surface area contributed by atoms with Gasteiger partial charge in [0, 0.05) is 79.1 Å². The topological polar surface area (TPSA) is 13.0 Å². The zero-order valence-corrected chi connectivity index (χ0v) is 79.9. The van der Waals surface area contributed by atoms with Gasteiger partial charge in [-0.2, -0.15) is 0 Å². The average molecular weight is 1820 g/mol. The van der Waals surface area contributed by atoms with Crippen molar-refractivity contribution in [3.8, 4) is 134 Å². The smallest absolute Gasteiger partial charge is 0.0465 e. The Bertz CT molecular complexity index is 8170. The fourth-order valence-corrected chi connectivity index (χ4v) is 21.0.